The van der Waals surface area contributed by atoms with E-state index in [0.717, 1.165) is 0 Å². The van der Waals surface area contributed by atoms with Crippen LogP contribution in [0.25, 0.3) is 0 Å². The van der Waals surface area contributed by atoms with Crippen LogP contribution in [0.3, 0.4) is 0 Å². The maximum absolute atomic E-state index is 10.8. The van der Waals surface area contributed by atoms with Crippen molar-refractivity contribution in [1.82, 2.24) is 0 Å². The molecule has 12 heavy (non-hydrogen) atoms. The summed E-state index contributed by atoms with van der Waals surface area (Å²) in [4.78, 5) is 0. The van der Waals surface area contributed by atoms with Crippen LogP contribution < -0.4 is 5.14 Å². The molecule has 0 aliphatic carbocycles. The normalized spacial score (nSPS) is 22.2. The molecule has 70 valence electrons. The molecule has 7 heteroatoms. The van der Waals surface area contributed by atoms with Gasteiger partial charge in [0.1, 0.15) is 0 Å². The van der Waals surface area contributed by atoms with Gasteiger partial charge in [-0.05, 0) is 5.57 Å². The summed E-state index contributed by atoms with van der Waals surface area (Å²) in [6.45, 7) is 0. The van der Waals surface area contributed by atoms with Gasteiger partial charge in [-0.1, -0.05) is 6.08 Å². The number of sulfonamides is 1. The molecule has 1 aliphatic heterocycles. The fraction of sp³-hybridized carbons (Fsp3) is 0.600. The van der Waals surface area contributed by atoms with Crippen LogP contribution >= 0.6 is 0 Å². The van der Waals surface area contributed by atoms with Gasteiger partial charge in [0.25, 0.3) is 0 Å². The Kier molecular flexibility index (Phi) is 2.28. The van der Waals surface area contributed by atoms with Crippen LogP contribution in [0.5, 0.6) is 0 Å². The smallest absolute Gasteiger partial charge is 0.212 e. The van der Waals surface area contributed by atoms with Gasteiger partial charge >= 0.3 is 0 Å². The Hall–Kier alpha value is -0.400. The summed E-state index contributed by atoms with van der Waals surface area (Å²) in [6, 6.07) is 0. The summed E-state index contributed by atoms with van der Waals surface area (Å²) >= 11 is 0. The molecule has 0 aromatic rings. The Balaban J connectivity index is 2.73. The average Bonchev–Trinajstić information content (AvgIpc) is 2.05. The lowest BCUT2D eigenvalue weighted by Crippen LogP contribution is -2.19. The number of hydrogen-bond acceptors (Lipinski definition) is 4. The number of rotatable bonds is 2. The Morgan fingerprint density at radius 2 is 2.08 bits per heavy atom. The topological polar surface area (TPSA) is 94.3 Å². The molecule has 0 aromatic carbocycles. The van der Waals surface area contributed by atoms with Gasteiger partial charge in [-0.3, -0.25) is 0 Å². The zero-order valence-electron chi connectivity index (χ0n) is 6.23. The van der Waals surface area contributed by atoms with Crippen LogP contribution in [-0.2, 0) is 19.9 Å². The monoisotopic (exact) mass is 211 g/mol. The summed E-state index contributed by atoms with van der Waals surface area (Å²) < 4.78 is 42.8. The second-order valence-corrected chi connectivity index (χ2v) is 6.45. The molecular weight excluding hydrogens is 202 g/mol. The van der Waals surface area contributed by atoms with Crippen LogP contribution in [0.1, 0.15) is 0 Å². The molecule has 0 atom stereocenters. The highest BCUT2D eigenvalue weighted by atomic mass is 32.2. The third kappa shape index (κ3) is 2.92. The second kappa shape index (κ2) is 2.82. The molecule has 1 aliphatic rings. The van der Waals surface area contributed by atoms with Gasteiger partial charge in [0, 0.05) is 0 Å². The zero-order valence-corrected chi connectivity index (χ0v) is 7.86. The van der Waals surface area contributed by atoms with Crippen LogP contribution in [0.2, 0.25) is 0 Å². The molecule has 0 saturated heterocycles. The maximum atomic E-state index is 10.8. The molecule has 0 amide bonds. The number of hydrogen-bond donors (Lipinski definition) is 1. The third-order valence-electron chi connectivity index (χ3n) is 1.42. The molecule has 0 unspecified atom stereocenters. The fourth-order valence-corrected chi connectivity index (χ4v) is 3.26. The molecule has 2 N–H and O–H groups in total. The van der Waals surface area contributed by atoms with E-state index in [1.807, 2.05) is 0 Å². The summed E-state index contributed by atoms with van der Waals surface area (Å²) in [5.74, 6) is -0.604. The second-order valence-electron chi connectivity index (χ2n) is 2.72. The van der Waals surface area contributed by atoms with Gasteiger partial charge in [0.2, 0.25) is 10.0 Å². The predicted molar refractivity (Wildman–Crippen MR) is 44.7 cm³/mol. The molecule has 0 saturated carbocycles. The van der Waals surface area contributed by atoms with E-state index < -0.39 is 19.9 Å². The number of nitrogens with two attached hydrogens (primary N) is 1. The minimum absolute atomic E-state index is 0.0716. The first-order valence-electron chi connectivity index (χ1n) is 3.17. The van der Waals surface area contributed by atoms with Gasteiger partial charge in [-0.2, -0.15) is 0 Å². The lowest BCUT2D eigenvalue weighted by atomic mass is 10.3. The highest BCUT2D eigenvalue weighted by molar-refractivity contribution is 7.92. The van der Waals surface area contributed by atoms with Crippen molar-refractivity contribution in [2.75, 3.05) is 17.3 Å². The number of sulfone groups is 1. The van der Waals surface area contributed by atoms with Crippen molar-refractivity contribution in [2.45, 2.75) is 0 Å². The Morgan fingerprint density at radius 1 is 1.50 bits per heavy atom. The molecule has 1 heterocycles. The highest BCUT2D eigenvalue weighted by Crippen LogP contribution is 2.11. The van der Waals surface area contributed by atoms with Gasteiger partial charge in [-0.25, -0.2) is 22.0 Å². The lowest BCUT2D eigenvalue weighted by Gasteiger charge is -1.96. The summed E-state index contributed by atoms with van der Waals surface area (Å²) in [6.07, 6.45) is 1.40. The lowest BCUT2D eigenvalue weighted by molar-refractivity contribution is 0.600. The van der Waals surface area contributed by atoms with Gasteiger partial charge < -0.3 is 0 Å². The van der Waals surface area contributed by atoms with Crippen molar-refractivity contribution in [2.24, 2.45) is 5.14 Å². The summed E-state index contributed by atoms with van der Waals surface area (Å²) in [7, 11) is -6.67. The van der Waals surface area contributed by atoms with E-state index >= 15 is 0 Å². The van der Waals surface area contributed by atoms with Crippen molar-refractivity contribution < 1.29 is 16.8 Å². The third-order valence-corrected chi connectivity index (χ3v) is 3.68. The maximum Gasteiger partial charge on any atom is 0.212 e. The van der Waals surface area contributed by atoms with E-state index in [-0.39, 0.29) is 17.3 Å². The van der Waals surface area contributed by atoms with Crippen molar-refractivity contribution >= 4 is 19.9 Å². The minimum atomic E-state index is -3.59. The van der Waals surface area contributed by atoms with Crippen molar-refractivity contribution in [3.8, 4) is 0 Å². The van der Waals surface area contributed by atoms with Crippen molar-refractivity contribution in [1.29, 1.82) is 0 Å². The Labute approximate surface area is 71.2 Å². The average molecular weight is 211 g/mol. The molecule has 1 rings (SSSR count). The number of primary sulfonamides is 1. The van der Waals surface area contributed by atoms with E-state index in [2.05, 4.69) is 0 Å². The van der Waals surface area contributed by atoms with Gasteiger partial charge in [-0.15, -0.1) is 0 Å². The van der Waals surface area contributed by atoms with E-state index in [0.29, 0.717) is 5.57 Å². The standard InChI is InChI=1S/C5H9NO4S2/c6-12(9,10)4-5-1-2-11(7,8)3-5/h1H,2-4H2,(H2,6,9,10). The highest BCUT2D eigenvalue weighted by Gasteiger charge is 2.22. The molecule has 0 spiro atoms. The largest absolute Gasteiger partial charge is 0.228 e. The van der Waals surface area contributed by atoms with E-state index in [1.165, 1.54) is 6.08 Å². The van der Waals surface area contributed by atoms with Crippen LogP contribution in [0, 0.1) is 0 Å². The zero-order chi connectivity index (χ0) is 9.41. The Morgan fingerprint density at radius 3 is 2.42 bits per heavy atom. The van der Waals surface area contributed by atoms with Crippen LogP contribution in [-0.4, -0.2) is 34.1 Å². The molecule has 5 nitrogen and oxygen atoms in total. The molecular formula is C5H9NO4S2. The van der Waals surface area contributed by atoms with E-state index in [9.17, 15) is 16.8 Å². The first kappa shape index (κ1) is 9.69. The summed E-state index contributed by atoms with van der Waals surface area (Å²) in [5, 5.41) is 4.74. The van der Waals surface area contributed by atoms with E-state index in [1.54, 1.807) is 0 Å². The molecule has 0 fully saturated rings. The first-order valence-corrected chi connectivity index (χ1v) is 6.71. The Bertz CT molecular complexity index is 403. The van der Waals surface area contributed by atoms with Crippen LogP contribution in [0.15, 0.2) is 11.6 Å². The SMILES string of the molecule is NS(=O)(=O)CC1=CCS(=O)(=O)C1. The van der Waals surface area contributed by atoms with Gasteiger partial charge in [0.15, 0.2) is 9.84 Å². The fourth-order valence-electron chi connectivity index (χ4n) is 1.00. The molecule has 0 radical (unpaired) electrons. The van der Waals surface area contributed by atoms with Gasteiger partial charge in [0.05, 0.1) is 17.3 Å². The van der Waals surface area contributed by atoms with Crippen molar-refractivity contribution in [3.05, 3.63) is 11.6 Å². The molecule has 0 aromatic heterocycles. The van der Waals surface area contributed by atoms with Crippen molar-refractivity contribution in [3.63, 3.8) is 0 Å². The quantitative estimate of drug-likeness (QED) is 0.570. The van der Waals surface area contributed by atoms with Crippen LogP contribution in [0.4, 0.5) is 0 Å². The van der Waals surface area contributed by atoms with E-state index in [4.69, 9.17) is 5.14 Å². The summed E-state index contributed by atoms with van der Waals surface area (Å²) in [5.41, 5.74) is 0.373. The first-order chi connectivity index (χ1) is 5.29. The minimum Gasteiger partial charge on any atom is -0.228 e. The molecule has 0 bridgehead atoms. The predicted octanol–water partition coefficient (Wildman–Crippen LogP) is -1.37.